The highest BCUT2D eigenvalue weighted by molar-refractivity contribution is 9.10. The zero-order chi connectivity index (χ0) is 19.1. The van der Waals surface area contributed by atoms with Crippen molar-refractivity contribution in [2.75, 3.05) is 6.54 Å². The van der Waals surface area contributed by atoms with Gasteiger partial charge in [0, 0.05) is 22.2 Å². The monoisotopic (exact) mass is 418 g/mol. The second-order valence-electron chi connectivity index (χ2n) is 5.20. The van der Waals surface area contributed by atoms with Crippen molar-refractivity contribution in [3.8, 4) is 0 Å². The highest BCUT2D eigenvalue weighted by Crippen LogP contribution is 2.15. The molecule has 2 rings (SSSR count). The Morgan fingerprint density at radius 3 is 2.62 bits per heavy atom. The lowest BCUT2D eigenvalue weighted by molar-refractivity contribution is -0.384. The molecular weight excluding hydrogens is 404 g/mol. The number of non-ortho nitro benzene ring substituents is 1. The molecular formula is C17H15BrN4O4. The van der Waals surface area contributed by atoms with Gasteiger partial charge in [-0.2, -0.15) is 5.10 Å². The topological polar surface area (TPSA) is 114 Å². The van der Waals surface area contributed by atoms with Gasteiger partial charge in [-0.3, -0.25) is 19.7 Å². The maximum atomic E-state index is 12.0. The molecule has 8 nitrogen and oxygen atoms in total. The summed E-state index contributed by atoms with van der Waals surface area (Å²) in [6.07, 6.45) is 0. The molecule has 2 aromatic rings. The van der Waals surface area contributed by atoms with E-state index in [4.69, 9.17) is 0 Å². The number of halogens is 1. The first-order valence-corrected chi connectivity index (χ1v) is 8.28. The van der Waals surface area contributed by atoms with Crippen molar-refractivity contribution in [2.45, 2.75) is 6.92 Å². The SMILES string of the molecule is C/C(=N\NC(=O)CNC(=O)c1ccccc1Br)c1cccc([N+](=O)[O-])c1. The van der Waals surface area contributed by atoms with Crippen molar-refractivity contribution in [3.05, 3.63) is 74.2 Å². The van der Waals surface area contributed by atoms with Gasteiger partial charge in [0.15, 0.2) is 0 Å². The minimum absolute atomic E-state index is 0.0657. The summed E-state index contributed by atoms with van der Waals surface area (Å²) in [5.41, 5.74) is 3.56. The molecule has 0 aliphatic heterocycles. The van der Waals surface area contributed by atoms with Crippen molar-refractivity contribution in [2.24, 2.45) is 5.10 Å². The summed E-state index contributed by atoms with van der Waals surface area (Å²) in [5.74, 6) is -0.915. The zero-order valence-electron chi connectivity index (χ0n) is 13.7. The number of nitro benzene ring substituents is 1. The van der Waals surface area contributed by atoms with E-state index >= 15 is 0 Å². The summed E-state index contributed by atoms with van der Waals surface area (Å²) >= 11 is 3.26. The van der Waals surface area contributed by atoms with Gasteiger partial charge >= 0.3 is 0 Å². The fraction of sp³-hybridized carbons (Fsp3) is 0.118. The molecule has 26 heavy (non-hydrogen) atoms. The molecule has 0 aliphatic carbocycles. The summed E-state index contributed by atoms with van der Waals surface area (Å²) in [6.45, 7) is 1.35. The van der Waals surface area contributed by atoms with Gasteiger partial charge in [-0.1, -0.05) is 24.3 Å². The van der Waals surface area contributed by atoms with Crippen LogP contribution < -0.4 is 10.7 Å². The number of carbonyl (C=O) groups is 2. The fourth-order valence-corrected chi connectivity index (χ4v) is 2.46. The minimum atomic E-state index is -0.518. The largest absolute Gasteiger partial charge is 0.343 e. The van der Waals surface area contributed by atoms with Gasteiger partial charge in [0.2, 0.25) is 0 Å². The quantitative estimate of drug-likeness (QED) is 0.426. The van der Waals surface area contributed by atoms with Crippen LogP contribution in [0.5, 0.6) is 0 Å². The van der Waals surface area contributed by atoms with Gasteiger partial charge in [-0.05, 0) is 35.0 Å². The molecule has 0 aromatic heterocycles. The van der Waals surface area contributed by atoms with E-state index in [1.807, 2.05) is 0 Å². The smallest absolute Gasteiger partial charge is 0.270 e. The Morgan fingerprint density at radius 2 is 1.92 bits per heavy atom. The van der Waals surface area contributed by atoms with E-state index in [0.29, 0.717) is 21.3 Å². The van der Waals surface area contributed by atoms with Gasteiger partial charge in [0.1, 0.15) is 0 Å². The number of nitrogens with one attached hydrogen (secondary N) is 2. The van der Waals surface area contributed by atoms with Gasteiger partial charge < -0.3 is 5.32 Å². The van der Waals surface area contributed by atoms with E-state index in [1.165, 1.54) is 18.2 Å². The number of amides is 2. The molecule has 0 saturated heterocycles. The second-order valence-corrected chi connectivity index (χ2v) is 6.06. The molecule has 2 amide bonds. The first-order chi connectivity index (χ1) is 12.4. The number of rotatable bonds is 6. The Labute approximate surface area is 157 Å². The second kappa shape index (κ2) is 8.86. The molecule has 0 fully saturated rings. The number of hydrogen-bond acceptors (Lipinski definition) is 5. The van der Waals surface area contributed by atoms with Crippen LogP contribution in [0.4, 0.5) is 5.69 Å². The van der Waals surface area contributed by atoms with E-state index in [0.717, 1.165) is 0 Å². The summed E-state index contributed by atoms with van der Waals surface area (Å²) in [7, 11) is 0. The fourth-order valence-electron chi connectivity index (χ4n) is 2.00. The van der Waals surface area contributed by atoms with Gasteiger partial charge in [0.25, 0.3) is 17.5 Å². The lowest BCUT2D eigenvalue weighted by atomic mass is 10.1. The number of benzene rings is 2. The van der Waals surface area contributed by atoms with E-state index in [1.54, 1.807) is 37.3 Å². The summed E-state index contributed by atoms with van der Waals surface area (Å²) in [6, 6.07) is 12.8. The first-order valence-electron chi connectivity index (χ1n) is 7.49. The predicted octanol–water partition coefficient (Wildman–Crippen LogP) is 2.63. The van der Waals surface area contributed by atoms with Crippen molar-refractivity contribution >= 4 is 39.1 Å². The molecule has 0 spiro atoms. The average molecular weight is 419 g/mol. The Morgan fingerprint density at radius 1 is 1.19 bits per heavy atom. The lowest BCUT2D eigenvalue weighted by Crippen LogP contribution is -2.35. The van der Waals surface area contributed by atoms with Crippen LogP contribution >= 0.6 is 15.9 Å². The molecule has 0 bridgehead atoms. The van der Waals surface area contributed by atoms with Crippen molar-refractivity contribution in [1.82, 2.24) is 10.7 Å². The van der Waals surface area contributed by atoms with E-state index < -0.39 is 16.7 Å². The number of nitro groups is 1. The standard InChI is InChI=1S/C17H15BrN4O4/c1-11(12-5-4-6-13(9-12)22(25)26)20-21-16(23)10-19-17(24)14-7-2-3-8-15(14)18/h2-9H,10H2,1H3,(H,19,24)(H,21,23)/b20-11+. The van der Waals surface area contributed by atoms with Crippen molar-refractivity contribution in [3.63, 3.8) is 0 Å². The average Bonchev–Trinajstić information content (AvgIpc) is 2.64. The predicted molar refractivity (Wildman–Crippen MR) is 99.9 cm³/mol. The maximum Gasteiger partial charge on any atom is 0.270 e. The highest BCUT2D eigenvalue weighted by atomic mass is 79.9. The highest BCUT2D eigenvalue weighted by Gasteiger charge is 2.11. The molecule has 2 N–H and O–H groups in total. The van der Waals surface area contributed by atoms with Crippen LogP contribution in [0.25, 0.3) is 0 Å². The Kier molecular flexibility index (Phi) is 6.56. The van der Waals surface area contributed by atoms with Crippen molar-refractivity contribution in [1.29, 1.82) is 0 Å². The molecule has 9 heteroatoms. The minimum Gasteiger partial charge on any atom is -0.343 e. The molecule has 0 heterocycles. The Balaban J connectivity index is 1.92. The van der Waals surface area contributed by atoms with E-state index in [9.17, 15) is 19.7 Å². The van der Waals surface area contributed by atoms with Crippen LogP contribution in [0.2, 0.25) is 0 Å². The lowest BCUT2D eigenvalue weighted by Gasteiger charge is -2.06. The molecule has 2 aromatic carbocycles. The van der Waals surface area contributed by atoms with Crippen LogP contribution in [-0.4, -0.2) is 29.0 Å². The van der Waals surface area contributed by atoms with Gasteiger partial charge in [0.05, 0.1) is 22.7 Å². The Hall–Kier alpha value is -3.07. The van der Waals surface area contributed by atoms with Crippen LogP contribution in [0.15, 0.2) is 58.1 Å². The number of carbonyl (C=O) groups excluding carboxylic acids is 2. The van der Waals surface area contributed by atoms with E-state index in [2.05, 4.69) is 31.8 Å². The van der Waals surface area contributed by atoms with Gasteiger partial charge in [-0.25, -0.2) is 5.43 Å². The van der Waals surface area contributed by atoms with E-state index in [-0.39, 0.29) is 12.2 Å². The van der Waals surface area contributed by atoms with Gasteiger partial charge in [-0.15, -0.1) is 0 Å². The molecule has 0 saturated carbocycles. The summed E-state index contributed by atoms with van der Waals surface area (Å²) in [4.78, 5) is 34.1. The summed E-state index contributed by atoms with van der Waals surface area (Å²) < 4.78 is 0.623. The molecule has 0 atom stereocenters. The first kappa shape index (κ1) is 19.3. The number of hydrogen-bond donors (Lipinski definition) is 2. The third kappa shape index (κ3) is 5.21. The Bertz CT molecular complexity index is 883. The normalized spacial score (nSPS) is 10.9. The molecule has 0 radical (unpaired) electrons. The van der Waals surface area contributed by atoms with Crippen molar-refractivity contribution < 1.29 is 14.5 Å². The molecule has 0 unspecified atom stereocenters. The van der Waals surface area contributed by atoms with Crippen LogP contribution in [0, 0.1) is 10.1 Å². The summed E-state index contributed by atoms with van der Waals surface area (Å²) in [5, 5.41) is 17.2. The van der Waals surface area contributed by atoms with Crippen LogP contribution in [0.1, 0.15) is 22.8 Å². The zero-order valence-corrected chi connectivity index (χ0v) is 15.3. The van der Waals surface area contributed by atoms with Crippen LogP contribution in [-0.2, 0) is 4.79 Å². The number of nitrogens with zero attached hydrogens (tertiary/aromatic N) is 2. The molecule has 0 aliphatic rings. The number of hydrazone groups is 1. The van der Waals surface area contributed by atoms with Crippen LogP contribution in [0.3, 0.4) is 0 Å². The maximum absolute atomic E-state index is 12.0. The third-order valence-corrected chi connectivity index (χ3v) is 4.04. The molecule has 134 valence electrons. The third-order valence-electron chi connectivity index (χ3n) is 3.35.